The van der Waals surface area contributed by atoms with Gasteiger partial charge in [0.1, 0.15) is 5.76 Å². The zero-order valence-electron chi connectivity index (χ0n) is 13.5. The molecule has 6 nitrogen and oxygen atoms in total. The molecular weight excluding hydrogens is 268 g/mol. The predicted molar refractivity (Wildman–Crippen MR) is 82.4 cm³/mol. The van der Waals surface area contributed by atoms with Crippen molar-refractivity contribution in [1.82, 2.24) is 15.8 Å². The van der Waals surface area contributed by atoms with Crippen LogP contribution in [0.3, 0.4) is 0 Å². The molecule has 2 N–H and O–H groups in total. The molecule has 0 aliphatic carbocycles. The van der Waals surface area contributed by atoms with Gasteiger partial charge in [0.2, 0.25) is 0 Å². The molecule has 1 fully saturated rings. The molecular formula is C15H26N4O2. The van der Waals surface area contributed by atoms with Crippen molar-refractivity contribution in [2.75, 3.05) is 26.8 Å². The smallest absolute Gasteiger partial charge is 0.191 e. The average Bonchev–Trinajstić information content (AvgIpc) is 2.87. The minimum atomic E-state index is 0.220. The van der Waals surface area contributed by atoms with Gasteiger partial charge in [-0.05, 0) is 6.42 Å². The van der Waals surface area contributed by atoms with Gasteiger partial charge in [-0.25, -0.2) is 0 Å². The van der Waals surface area contributed by atoms with Gasteiger partial charge in [0.05, 0.1) is 18.9 Å². The van der Waals surface area contributed by atoms with E-state index in [9.17, 15) is 0 Å². The van der Waals surface area contributed by atoms with E-state index < -0.39 is 0 Å². The fourth-order valence-electron chi connectivity index (χ4n) is 2.38. The number of guanidine groups is 1. The molecule has 1 aromatic heterocycles. The predicted octanol–water partition coefficient (Wildman–Crippen LogP) is 1.50. The second-order valence-electron chi connectivity index (χ2n) is 5.82. The Hall–Kier alpha value is -1.56. The lowest BCUT2D eigenvalue weighted by Gasteiger charge is -2.38. The quantitative estimate of drug-likeness (QED) is 0.614. The van der Waals surface area contributed by atoms with Crippen LogP contribution in [0, 0.1) is 5.41 Å². The molecule has 0 amide bonds. The van der Waals surface area contributed by atoms with E-state index >= 15 is 0 Å². The van der Waals surface area contributed by atoms with Crippen molar-refractivity contribution >= 4 is 5.96 Å². The molecule has 0 saturated carbocycles. The number of nitrogens with zero attached hydrogens (tertiary/aromatic N) is 2. The number of hydrogen-bond acceptors (Lipinski definition) is 4. The number of rotatable bonds is 6. The van der Waals surface area contributed by atoms with E-state index in [4.69, 9.17) is 9.26 Å². The summed E-state index contributed by atoms with van der Waals surface area (Å²) in [5.74, 6) is 1.75. The van der Waals surface area contributed by atoms with Crippen LogP contribution in [-0.2, 0) is 24.1 Å². The minimum Gasteiger partial charge on any atom is -0.380 e. The largest absolute Gasteiger partial charge is 0.380 e. The van der Waals surface area contributed by atoms with E-state index in [0.717, 1.165) is 55.6 Å². The van der Waals surface area contributed by atoms with Gasteiger partial charge in [0.25, 0.3) is 0 Å². The Morgan fingerprint density at radius 1 is 1.29 bits per heavy atom. The van der Waals surface area contributed by atoms with Gasteiger partial charge in [0, 0.05) is 37.5 Å². The standard InChI is InChI=1S/C15H26N4O2/c1-5-12-11(13(6-2)21-19-12)7-17-14(16-4)18-8-15(3)9-20-10-15/h5-10H2,1-4H3,(H2,16,17,18). The lowest BCUT2D eigenvalue weighted by atomic mass is 9.89. The van der Waals surface area contributed by atoms with Crippen LogP contribution < -0.4 is 10.6 Å². The fourth-order valence-corrected chi connectivity index (χ4v) is 2.38. The highest BCUT2D eigenvalue weighted by Gasteiger charge is 2.33. The third-order valence-electron chi connectivity index (χ3n) is 3.85. The van der Waals surface area contributed by atoms with Crippen LogP contribution >= 0.6 is 0 Å². The maximum absolute atomic E-state index is 5.38. The number of aryl methyl sites for hydroxylation is 2. The monoisotopic (exact) mass is 294 g/mol. The van der Waals surface area contributed by atoms with Crippen LogP contribution in [0.1, 0.15) is 37.8 Å². The average molecular weight is 294 g/mol. The van der Waals surface area contributed by atoms with Crippen molar-refractivity contribution in [1.29, 1.82) is 0 Å². The molecule has 1 aromatic rings. The van der Waals surface area contributed by atoms with E-state index in [0.29, 0.717) is 6.54 Å². The van der Waals surface area contributed by atoms with Crippen LogP contribution in [0.2, 0.25) is 0 Å². The van der Waals surface area contributed by atoms with E-state index in [1.807, 2.05) is 0 Å². The first-order chi connectivity index (χ1) is 10.1. The minimum absolute atomic E-state index is 0.220. The summed E-state index contributed by atoms with van der Waals surface area (Å²) >= 11 is 0. The number of aromatic nitrogens is 1. The van der Waals surface area contributed by atoms with E-state index in [2.05, 4.69) is 41.6 Å². The highest BCUT2D eigenvalue weighted by molar-refractivity contribution is 5.79. The Morgan fingerprint density at radius 2 is 2.05 bits per heavy atom. The molecule has 1 aliphatic rings. The molecule has 0 atom stereocenters. The number of nitrogens with one attached hydrogen (secondary N) is 2. The van der Waals surface area contributed by atoms with Crippen molar-refractivity contribution in [2.45, 2.75) is 40.2 Å². The SMILES string of the molecule is CCc1noc(CC)c1CNC(=NC)NCC1(C)COC1. The molecule has 118 valence electrons. The van der Waals surface area contributed by atoms with Crippen LogP contribution in [0.5, 0.6) is 0 Å². The van der Waals surface area contributed by atoms with Gasteiger partial charge in [-0.3, -0.25) is 4.99 Å². The van der Waals surface area contributed by atoms with E-state index in [-0.39, 0.29) is 5.41 Å². The van der Waals surface area contributed by atoms with Gasteiger partial charge in [-0.15, -0.1) is 0 Å². The molecule has 2 heterocycles. The Labute approximate surface area is 126 Å². The van der Waals surface area contributed by atoms with Crippen molar-refractivity contribution in [3.8, 4) is 0 Å². The van der Waals surface area contributed by atoms with Crippen LogP contribution in [0.15, 0.2) is 9.52 Å². The molecule has 6 heteroatoms. The summed E-state index contributed by atoms with van der Waals surface area (Å²) in [6.07, 6.45) is 1.73. The Morgan fingerprint density at radius 3 is 2.57 bits per heavy atom. The molecule has 2 rings (SSSR count). The first-order valence-corrected chi connectivity index (χ1v) is 7.60. The summed E-state index contributed by atoms with van der Waals surface area (Å²) in [5.41, 5.74) is 2.40. The number of hydrogen-bond donors (Lipinski definition) is 2. The second kappa shape index (κ2) is 6.93. The van der Waals surface area contributed by atoms with Crippen molar-refractivity contribution in [2.24, 2.45) is 10.4 Å². The fraction of sp³-hybridized carbons (Fsp3) is 0.733. The Kier molecular flexibility index (Phi) is 5.22. The van der Waals surface area contributed by atoms with E-state index in [1.54, 1.807) is 7.05 Å². The first kappa shape index (κ1) is 15.8. The van der Waals surface area contributed by atoms with Crippen molar-refractivity contribution in [3.63, 3.8) is 0 Å². The lowest BCUT2D eigenvalue weighted by molar-refractivity contribution is -0.0971. The third-order valence-corrected chi connectivity index (χ3v) is 3.85. The number of aliphatic imine (C=N–C) groups is 1. The van der Waals surface area contributed by atoms with Gasteiger partial charge in [0.15, 0.2) is 5.96 Å². The Balaban J connectivity index is 1.89. The second-order valence-corrected chi connectivity index (χ2v) is 5.82. The van der Waals surface area contributed by atoms with E-state index in [1.165, 1.54) is 0 Å². The molecule has 0 aromatic carbocycles. The summed E-state index contributed by atoms with van der Waals surface area (Å²) in [7, 11) is 1.78. The normalized spacial score (nSPS) is 17.4. The van der Waals surface area contributed by atoms with Gasteiger partial charge >= 0.3 is 0 Å². The lowest BCUT2D eigenvalue weighted by Crippen LogP contribution is -2.50. The van der Waals surface area contributed by atoms with Gasteiger partial charge in [-0.2, -0.15) is 0 Å². The Bertz CT molecular complexity index is 470. The maximum Gasteiger partial charge on any atom is 0.191 e. The van der Waals surface area contributed by atoms with Gasteiger partial charge < -0.3 is 19.9 Å². The molecule has 0 bridgehead atoms. The molecule has 0 spiro atoms. The van der Waals surface area contributed by atoms with Crippen LogP contribution in [0.25, 0.3) is 0 Å². The summed E-state index contributed by atoms with van der Waals surface area (Å²) in [6.45, 7) is 9.53. The first-order valence-electron chi connectivity index (χ1n) is 7.60. The summed E-state index contributed by atoms with van der Waals surface area (Å²) in [6, 6.07) is 0. The summed E-state index contributed by atoms with van der Waals surface area (Å²) in [5, 5.41) is 10.8. The third kappa shape index (κ3) is 3.75. The molecule has 0 radical (unpaired) electrons. The molecule has 21 heavy (non-hydrogen) atoms. The summed E-state index contributed by atoms with van der Waals surface area (Å²) in [4.78, 5) is 4.26. The zero-order chi connectivity index (χ0) is 15.3. The zero-order valence-corrected chi connectivity index (χ0v) is 13.5. The topological polar surface area (TPSA) is 71.7 Å². The molecule has 1 saturated heterocycles. The van der Waals surface area contributed by atoms with Crippen LogP contribution in [-0.4, -0.2) is 37.9 Å². The summed E-state index contributed by atoms with van der Waals surface area (Å²) < 4.78 is 10.6. The molecule has 0 unspecified atom stereocenters. The highest BCUT2D eigenvalue weighted by atomic mass is 16.5. The highest BCUT2D eigenvalue weighted by Crippen LogP contribution is 2.25. The maximum atomic E-state index is 5.38. The van der Waals surface area contributed by atoms with Crippen molar-refractivity contribution < 1.29 is 9.26 Å². The number of ether oxygens (including phenoxy) is 1. The molecule has 1 aliphatic heterocycles. The van der Waals surface area contributed by atoms with Gasteiger partial charge in [-0.1, -0.05) is 25.9 Å². The van der Waals surface area contributed by atoms with Crippen molar-refractivity contribution in [3.05, 3.63) is 17.0 Å². The van der Waals surface area contributed by atoms with Crippen LogP contribution in [0.4, 0.5) is 0 Å².